The molecule has 0 spiro atoms. The molecule has 0 unspecified atom stereocenters. The Morgan fingerprint density at radius 3 is 2.76 bits per heavy atom. The molecule has 1 rings (SSSR count). The van der Waals surface area contributed by atoms with E-state index in [-0.39, 0.29) is 30.1 Å². The molecule has 1 aromatic rings. The van der Waals surface area contributed by atoms with Crippen molar-refractivity contribution in [2.24, 2.45) is 0 Å². The van der Waals surface area contributed by atoms with Gasteiger partial charge in [-0.05, 0) is 19.9 Å². The first-order chi connectivity index (χ1) is 8.00. The Bertz CT molecular complexity index is 418. The predicted molar refractivity (Wildman–Crippen MR) is 64.3 cm³/mol. The van der Waals surface area contributed by atoms with Gasteiger partial charge in [-0.1, -0.05) is 0 Å². The molecule has 0 bridgehead atoms. The van der Waals surface area contributed by atoms with Crippen LogP contribution >= 0.6 is 0 Å². The molecule has 6 nitrogen and oxygen atoms in total. The summed E-state index contributed by atoms with van der Waals surface area (Å²) in [7, 11) is 0. The quantitative estimate of drug-likeness (QED) is 0.681. The highest BCUT2D eigenvalue weighted by Gasteiger charge is 2.10. The van der Waals surface area contributed by atoms with E-state index in [9.17, 15) is 9.59 Å². The molecule has 1 heterocycles. The molecular weight excluding hydrogens is 220 g/mol. The fourth-order valence-corrected chi connectivity index (χ4v) is 1.24. The van der Waals surface area contributed by atoms with Crippen LogP contribution in [0.2, 0.25) is 0 Å². The summed E-state index contributed by atoms with van der Waals surface area (Å²) in [6.45, 7) is 3.62. The maximum atomic E-state index is 11.7. The van der Waals surface area contributed by atoms with Crippen molar-refractivity contribution < 1.29 is 9.59 Å². The smallest absolute Gasteiger partial charge is 0.253 e. The molecule has 0 fully saturated rings. The first kappa shape index (κ1) is 13.0. The highest BCUT2D eigenvalue weighted by molar-refractivity contribution is 6.00. The van der Waals surface area contributed by atoms with E-state index in [0.29, 0.717) is 5.56 Å². The minimum atomic E-state index is -0.385. The normalized spacial score (nSPS) is 10.1. The van der Waals surface area contributed by atoms with Crippen LogP contribution in [0.5, 0.6) is 0 Å². The van der Waals surface area contributed by atoms with Gasteiger partial charge in [0.15, 0.2) is 0 Å². The number of amides is 2. The van der Waals surface area contributed by atoms with Gasteiger partial charge >= 0.3 is 0 Å². The number of nitrogens with one attached hydrogen (secondary N) is 2. The molecule has 1 aromatic heterocycles. The molecule has 0 aliphatic heterocycles. The maximum Gasteiger partial charge on any atom is 0.253 e. The third kappa shape index (κ3) is 4.10. The first-order valence-corrected chi connectivity index (χ1v) is 5.27. The number of carbonyl (C=O) groups is 2. The van der Waals surface area contributed by atoms with E-state index in [0.717, 1.165) is 0 Å². The van der Waals surface area contributed by atoms with Crippen LogP contribution in [0.4, 0.5) is 5.69 Å². The van der Waals surface area contributed by atoms with E-state index in [4.69, 9.17) is 5.73 Å². The number of aromatic nitrogens is 1. The molecule has 0 aromatic carbocycles. The summed E-state index contributed by atoms with van der Waals surface area (Å²) in [5.41, 5.74) is 6.19. The van der Waals surface area contributed by atoms with Crippen LogP contribution in [0, 0.1) is 0 Å². The van der Waals surface area contributed by atoms with Gasteiger partial charge in [0.05, 0.1) is 24.0 Å². The number of hydrogen-bond donors (Lipinski definition) is 3. The maximum absolute atomic E-state index is 11.7. The molecule has 17 heavy (non-hydrogen) atoms. The second-order valence-electron chi connectivity index (χ2n) is 3.87. The molecule has 6 heteroatoms. The molecule has 0 atom stereocenters. The third-order valence-corrected chi connectivity index (χ3v) is 1.96. The Balaban J connectivity index is 2.51. The van der Waals surface area contributed by atoms with Crippen LogP contribution in [0.25, 0.3) is 0 Å². The van der Waals surface area contributed by atoms with Gasteiger partial charge < -0.3 is 16.4 Å². The van der Waals surface area contributed by atoms with Crippen LogP contribution in [0.15, 0.2) is 18.5 Å². The van der Waals surface area contributed by atoms with Crippen LogP contribution in [-0.4, -0.2) is 29.4 Å². The lowest BCUT2D eigenvalue weighted by molar-refractivity contribution is -0.120. The Kier molecular flexibility index (Phi) is 4.45. The Hall–Kier alpha value is -2.11. The Morgan fingerprint density at radius 2 is 2.18 bits per heavy atom. The second kappa shape index (κ2) is 5.83. The minimum absolute atomic E-state index is 0.0467. The SMILES string of the molecule is CC(C)NC(=O)CNC(=O)c1ccncc1N. The average Bonchev–Trinajstić information content (AvgIpc) is 2.25. The van der Waals surface area contributed by atoms with Crippen LogP contribution in [0.3, 0.4) is 0 Å². The van der Waals surface area contributed by atoms with Crippen LogP contribution in [0.1, 0.15) is 24.2 Å². The van der Waals surface area contributed by atoms with E-state index in [1.54, 1.807) is 0 Å². The summed E-state index contributed by atoms with van der Waals surface area (Å²) in [6.07, 6.45) is 2.86. The van der Waals surface area contributed by atoms with E-state index in [1.165, 1.54) is 18.5 Å². The average molecular weight is 236 g/mol. The van der Waals surface area contributed by atoms with Gasteiger partial charge in [0.25, 0.3) is 5.91 Å². The van der Waals surface area contributed by atoms with E-state index in [1.807, 2.05) is 13.8 Å². The van der Waals surface area contributed by atoms with Gasteiger partial charge in [0.2, 0.25) is 5.91 Å². The molecule has 92 valence electrons. The number of rotatable bonds is 4. The summed E-state index contributed by atoms with van der Waals surface area (Å²) in [6, 6.07) is 1.55. The monoisotopic (exact) mass is 236 g/mol. The molecule has 2 amide bonds. The topological polar surface area (TPSA) is 97.1 Å². The van der Waals surface area contributed by atoms with E-state index < -0.39 is 0 Å². The number of carbonyl (C=O) groups excluding carboxylic acids is 2. The number of nitrogens with zero attached hydrogens (tertiary/aromatic N) is 1. The highest BCUT2D eigenvalue weighted by atomic mass is 16.2. The molecule has 0 saturated heterocycles. The largest absolute Gasteiger partial charge is 0.397 e. The molecule has 4 N–H and O–H groups in total. The van der Waals surface area contributed by atoms with E-state index in [2.05, 4.69) is 15.6 Å². The van der Waals surface area contributed by atoms with Gasteiger partial charge in [0.1, 0.15) is 0 Å². The summed E-state index contributed by atoms with van der Waals surface area (Å²) in [5, 5.41) is 5.15. The standard InChI is InChI=1S/C11H16N4O2/c1-7(2)15-10(16)6-14-11(17)8-3-4-13-5-9(8)12/h3-5,7H,6,12H2,1-2H3,(H,14,17)(H,15,16). The predicted octanol–water partition coefficient (Wildman–Crippen LogP) is -0.0818. The summed E-state index contributed by atoms with van der Waals surface area (Å²) in [5.74, 6) is -0.621. The van der Waals surface area contributed by atoms with Crippen molar-refractivity contribution in [1.29, 1.82) is 0 Å². The van der Waals surface area contributed by atoms with Crippen LogP contribution in [-0.2, 0) is 4.79 Å². The molecule has 0 aliphatic carbocycles. The summed E-state index contributed by atoms with van der Waals surface area (Å²) in [4.78, 5) is 26.7. The van der Waals surface area contributed by atoms with Crippen molar-refractivity contribution in [3.8, 4) is 0 Å². The first-order valence-electron chi connectivity index (χ1n) is 5.27. The lowest BCUT2D eigenvalue weighted by Crippen LogP contribution is -2.39. The van der Waals surface area contributed by atoms with Crippen LogP contribution < -0.4 is 16.4 Å². The summed E-state index contributed by atoms with van der Waals surface area (Å²) < 4.78 is 0. The van der Waals surface area contributed by atoms with Gasteiger partial charge in [-0.25, -0.2) is 0 Å². The fourth-order valence-electron chi connectivity index (χ4n) is 1.24. The Labute approximate surface area is 99.6 Å². The lowest BCUT2D eigenvalue weighted by atomic mass is 10.2. The third-order valence-electron chi connectivity index (χ3n) is 1.96. The van der Waals surface area contributed by atoms with Gasteiger partial charge in [0, 0.05) is 12.2 Å². The number of nitrogens with two attached hydrogens (primary N) is 1. The van der Waals surface area contributed by atoms with Crippen molar-refractivity contribution in [3.63, 3.8) is 0 Å². The highest BCUT2D eigenvalue weighted by Crippen LogP contribution is 2.07. The zero-order valence-corrected chi connectivity index (χ0v) is 9.86. The minimum Gasteiger partial charge on any atom is -0.397 e. The number of hydrogen-bond acceptors (Lipinski definition) is 4. The van der Waals surface area contributed by atoms with Gasteiger partial charge in [-0.15, -0.1) is 0 Å². The van der Waals surface area contributed by atoms with Crippen molar-refractivity contribution in [3.05, 3.63) is 24.0 Å². The van der Waals surface area contributed by atoms with Crippen molar-refractivity contribution in [1.82, 2.24) is 15.6 Å². The zero-order valence-electron chi connectivity index (χ0n) is 9.86. The fraction of sp³-hybridized carbons (Fsp3) is 0.364. The second-order valence-corrected chi connectivity index (χ2v) is 3.87. The van der Waals surface area contributed by atoms with Crippen molar-refractivity contribution in [2.45, 2.75) is 19.9 Å². The molecule has 0 aliphatic rings. The zero-order chi connectivity index (χ0) is 12.8. The Morgan fingerprint density at radius 1 is 1.47 bits per heavy atom. The number of pyridine rings is 1. The summed E-state index contributed by atoms with van der Waals surface area (Å²) >= 11 is 0. The molecule has 0 saturated carbocycles. The van der Waals surface area contributed by atoms with Gasteiger partial charge in [-0.2, -0.15) is 0 Å². The molecule has 0 radical (unpaired) electrons. The lowest BCUT2D eigenvalue weighted by Gasteiger charge is -2.09. The molecular formula is C11H16N4O2. The number of anilines is 1. The van der Waals surface area contributed by atoms with Crippen molar-refractivity contribution >= 4 is 17.5 Å². The van der Waals surface area contributed by atoms with Gasteiger partial charge in [-0.3, -0.25) is 14.6 Å². The van der Waals surface area contributed by atoms with Crippen molar-refractivity contribution in [2.75, 3.05) is 12.3 Å². The van der Waals surface area contributed by atoms with E-state index >= 15 is 0 Å². The number of nitrogen functional groups attached to an aromatic ring is 1.